The summed E-state index contributed by atoms with van der Waals surface area (Å²) < 4.78 is 18.0. The Bertz CT molecular complexity index is 578. The van der Waals surface area contributed by atoms with Gasteiger partial charge in [-0.15, -0.1) is 11.3 Å². The minimum atomic E-state index is -0.269. The maximum Gasteiger partial charge on any atom is 0.305 e. The molecule has 0 N–H and O–H groups in total. The SMILES string of the molecule is CCC(=O)OCc1sc(-c2ccc(F)cc2)nc1C. The van der Waals surface area contributed by atoms with Crippen LogP contribution in [0.1, 0.15) is 23.9 Å². The minimum Gasteiger partial charge on any atom is -0.460 e. The van der Waals surface area contributed by atoms with Gasteiger partial charge < -0.3 is 4.74 Å². The summed E-state index contributed by atoms with van der Waals surface area (Å²) in [5.74, 6) is -0.495. The van der Waals surface area contributed by atoms with Crippen molar-refractivity contribution in [2.75, 3.05) is 0 Å². The van der Waals surface area contributed by atoms with Gasteiger partial charge in [0.25, 0.3) is 0 Å². The monoisotopic (exact) mass is 279 g/mol. The van der Waals surface area contributed by atoms with Gasteiger partial charge in [0.15, 0.2) is 0 Å². The van der Waals surface area contributed by atoms with Crippen LogP contribution in [0.5, 0.6) is 0 Å². The first-order chi connectivity index (χ1) is 9.10. The first kappa shape index (κ1) is 13.7. The summed E-state index contributed by atoms with van der Waals surface area (Å²) in [7, 11) is 0. The molecule has 1 aromatic carbocycles. The van der Waals surface area contributed by atoms with E-state index >= 15 is 0 Å². The number of hydrogen-bond acceptors (Lipinski definition) is 4. The quantitative estimate of drug-likeness (QED) is 0.801. The summed E-state index contributed by atoms with van der Waals surface area (Å²) in [4.78, 5) is 16.5. The van der Waals surface area contributed by atoms with Crippen LogP contribution in [0.4, 0.5) is 4.39 Å². The predicted octanol–water partition coefficient (Wildman–Crippen LogP) is 3.71. The van der Waals surface area contributed by atoms with Gasteiger partial charge in [-0.1, -0.05) is 6.92 Å². The molecule has 1 aromatic heterocycles. The predicted molar refractivity (Wildman–Crippen MR) is 72.3 cm³/mol. The maximum absolute atomic E-state index is 12.9. The number of nitrogens with zero attached hydrogens (tertiary/aromatic N) is 1. The highest BCUT2D eigenvalue weighted by molar-refractivity contribution is 7.15. The van der Waals surface area contributed by atoms with Gasteiger partial charge in [-0.3, -0.25) is 4.79 Å². The highest BCUT2D eigenvalue weighted by Crippen LogP contribution is 2.28. The molecule has 3 nitrogen and oxygen atoms in total. The van der Waals surface area contributed by atoms with E-state index in [-0.39, 0.29) is 18.4 Å². The molecule has 2 aromatic rings. The van der Waals surface area contributed by atoms with Crippen LogP contribution in [0.3, 0.4) is 0 Å². The molecule has 0 radical (unpaired) electrons. The molecule has 0 atom stereocenters. The number of halogens is 1. The lowest BCUT2D eigenvalue weighted by Gasteiger charge is -2.00. The fourth-order valence-electron chi connectivity index (χ4n) is 1.53. The number of esters is 1. The van der Waals surface area contributed by atoms with Crippen LogP contribution in [0.2, 0.25) is 0 Å². The smallest absolute Gasteiger partial charge is 0.305 e. The highest BCUT2D eigenvalue weighted by atomic mass is 32.1. The Morgan fingerprint density at radius 1 is 1.37 bits per heavy atom. The van der Waals surface area contributed by atoms with Crippen molar-refractivity contribution in [1.82, 2.24) is 4.98 Å². The summed E-state index contributed by atoms with van der Waals surface area (Å²) in [5, 5.41) is 0.806. The van der Waals surface area contributed by atoms with Crippen molar-refractivity contribution in [2.24, 2.45) is 0 Å². The highest BCUT2D eigenvalue weighted by Gasteiger charge is 2.11. The molecule has 2 rings (SSSR count). The molecule has 0 unspecified atom stereocenters. The first-order valence-electron chi connectivity index (χ1n) is 5.98. The van der Waals surface area contributed by atoms with Gasteiger partial charge in [-0.25, -0.2) is 9.37 Å². The molecule has 0 saturated carbocycles. The Morgan fingerprint density at radius 3 is 2.68 bits per heavy atom. The zero-order valence-electron chi connectivity index (χ0n) is 10.8. The van der Waals surface area contributed by atoms with Crippen molar-refractivity contribution in [2.45, 2.75) is 26.9 Å². The summed E-state index contributed by atoms with van der Waals surface area (Å²) in [5.41, 5.74) is 1.70. The van der Waals surface area contributed by atoms with E-state index in [0.29, 0.717) is 6.42 Å². The lowest BCUT2D eigenvalue weighted by Crippen LogP contribution is -2.01. The molecule has 0 saturated heterocycles. The third-order valence-corrected chi connectivity index (χ3v) is 3.82. The lowest BCUT2D eigenvalue weighted by atomic mass is 10.2. The Balaban J connectivity index is 2.16. The van der Waals surface area contributed by atoms with Crippen molar-refractivity contribution in [1.29, 1.82) is 0 Å². The number of aromatic nitrogens is 1. The van der Waals surface area contributed by atoms with E-state index in [9.17, 15) is 9.18 Å². The van der Waals surface area contributed by atoms with E-state index in [1.165, 1.54) is 23.5 Å². The van der Waals surface area contributed by atoms with Crippen LogP contribution in [0.25, 0.3) is 10.6 Å². The van der Waals surface area contributed by atoms with Crippen molar-refractivity contribution in [3.63, 3.8) is 0 Å². The Kier molecular flexibility index (Phi) is 4.27. The second-order valence-corrected chi connectivity index (χ2v) is 5.13. The molecule has 0 aliphatic rings. The molecular weight excluding hydrogens is 265 g/mol. The second kappa shape index (κ2) is 5.93. The number of hydrogen-bond donors (Lipinski definition) is 0. The first-order valence-corrected chi connectivity index (χ1v) is 6.79. The van der Waals surface area contributed by atoms with Crippen molar-refractivity contribution < 1.29 is 13.9 Å². The average Bonchev–Trinajstić information content (AvgIpc) is 2.78. The van der Waals surface area contributed by atoms with Crippen LogP contribution in [-0.4, -0.2) is 11.0 Å². The molecular formula is C14H14FNO2S. The van der Waals surface area contributed by atoms with E-state index in [1.54, 1.807) is 19.1 Å². The van der Waals surface area contributed by atoms with E-state index in [1.807, 2.05) is 6.92 Å². The van der Waals surface area contributed by atoms with Crippen LogP contribution in [0.15, 0.2) is 24.3 Å². The summed E-state index contributed by atoms with van der Waals surface area (Å²) in [6.45, 7) is 3.88. The van der Waals surface area contributed by atoms with Crippen LogP contribution >= 0.6 is 11.3 Å². The third kappa shape index (κ3) is 3.38. The van der Waals surface area contributed by atoms with Crippen LogP contribution < -0.4 is 0 Å². The molecule has 0 bridgehead atoms. The summed E-state index contributed by atoms with van der Waals surface area (Å²) in [6.07, 6.45) is 0.364. The van der Waals surface area contributed by atoms with Gasteiger partial charge in [-0.05, 0) is 31.2 Å². The van der Waals surface area contributed by atoms with Crippen molar-refractivity contribution >= 4 is 17.3 Å². The van der Waals surface area contributed by atoms with Gasteiger partial charge >= 0.3 is 5.97 Å². The molecule has 5 heteroatoms. The number of carbonyl (C=O) groups excluding carboxylic acids is 1. The van der Waals surface area contributed by atoms with Gasteiger partial charge in [0.1, 0.15) is 17.4 Å². The number of ether oxygens (including phenoxy) is 1. The van der Waals surface area contributed by atoms with E-state index < -0.39 is 0 Å². The van der Waals surface area contributed by atoms with Gasteiger partial charge in [0.05, 0.1) is 10.6 Å². The zero-order chi connectivity index (χ0) is 13.8. The average molecular weight is 279 g/mol. The fourth-order valence-corrected chi connectivity index (χ4v) is 2.51. The van der Waals surface area contributed by atoms with Crippen LogP contribution in [-0.2, 0) is 16.1 Å². The zero-order valence-corrected chi connectivity index (χ0v) is 11.6. The van der Waals surface area contributed by atoms with Gasteiger partial charge in [0, 0.05) is 12.0 Å². The summed E-state index contributed by atoms with van der Waals surface area (Å²) >= 11 is 1.46. The number of carbonyl (C=O) groups is 1. The van der Waals surface area contributed by atoms with E-state index in [4.69, 9.17) is 4.74 Å². The summed E-state index contributed by atoms with van der Waals surface area (Å²) in [6, 6.07) is 6.19. The molecule has 0 aliphatic heterocycles. The Morgan fingerprint density at radius 2 is 2.05 bits per heavy atom. The number of aryl methyl sites for hydroxylation is 1. The molecule has 0 fully saturated rings. The number of rotatable bonds is 4. The molecule has 0 aliphatic carbocycles. The van der Waals surface area contributed by atoms with Crippen molar-refractivity contribution in [3.05, 3.63) is 40.7 Å². The number of thiazole rings is 1. The molecule has 0 spiro atoms. The number of benzene rings is 1. The molecule has 0 amide bonds. The Labute approximate surface area is 115 Å². The van der Waals surface area contributed by atoms with Gasteiger partial charge in [0.2, 0.25) is 0 Å². The Hall–Kier alpha value is -1.75. The fraction of sp³-hybridized carbons (Fsp3) is 0.286. The van der Waals surface area contributed by atoms with E-state index in [2.05, 4.69) is 4.98 Å². The molecule has 100 valence electrons. The standard InChI is InChI=1S/C14H14FNO2S/c1-3-13(17)18-8-12-9(2)16-14(19-12)10-4-6-11(15)7-5-10/h4-7H,3,8H2,1-2H3. The molecule has 1 heterocycles. The normalized spacial score (nSPS) is 10.5. The largest absolute Gasteiger partial charge is 0.460 e. The minimum absolute atomic E-state index is 0.226. The third-order valence-electron chi connectivity index (χ3n) is 2.64. The van der Waals surface area contributed by atoms with Crippen LogP contribution in [0, 0.1) is 12.7 Å². The van der Waals surface area contributed by atoms with Crippen molar-refractivity contribution in [3.8, 4) is 10.6 Å². The van der Waals surface area contributed by atoms with E-state index in [0.717, 1.165) is 21.1 Å². The second-order valence-electron chi connectivity index (χ2n) is 4.05. The molecule has 19 heavy (non-hydrogen) atoms. The van der Waals surface area contributed by atoms with Gasteiger partial charge in [-0.2, -0.15) is 0 Å². The maximum atomic E-state index is 12.9. The topological polar surface area (TPSA) is 39.2 Å². The lowest BCUT2D eigenvalue weighted by molar-refractivity contribution is -0.144.